The number of aliphatic hydroxyl groups is 1. The van der Waals surface area contributed by atoms with Gasteiger partial charge in [-0.1, -0.05) is 18.2 Å². The van der Waals surface area contributed by atoms with Gasteiger partial charge in [0.2, 0.25) is 5.91 Å². The molecular formula is C27H28N6O3. The Morgan fingerprint density at radius 3 is 2.69 bits per heavy atom. The zero-order valence-electron chi connectivity index (χ0n) is 20.2. The van der Waals surface area contributed by atoms with Crippen LogP contribution in [0.4, 0.5) is 11.5 Å². The number of carbonyl (C=O) groups is 2. The minimum atomic E-state index is -0.289. The number of aliphatic hydroxyl groups excluding tert-OH is 1. The van der Waals surface area contributed by atoms with Gasteiger partial charge in [-0.3, -0.25) is 14.6 Å². The Kier molecular flexibility index (Phi) is 7.56. The lowest BCUT2D eigenvalue weighted by Gasteiger charge is -2.39. The van der Waals surface area contributed by atoms with E-state index in [2.05, 4.69) is 26.7 Å². The number of anilines is 2. The van der Waals surface area contributed by atoms with Crippen LogP contribution in [0.25, 0.3) is 11.1 Å². The second-order valence-electron chi connectivity index (χ2n) is 8.73. The second-order valence-corrected chi connectivity index (χ2v) is 8.73. The molecule has 0 saturated carbocycles. The molecule has 0 fully saturated rings. The van der Waals surface area contributed by atoms with Gasteiger partial charge in [-0.05, 0) is 61.2 Å². The number of pyridine rings is 2. The highest BCUT2D eigenvalue weighted by atomic mass is 16.3. The molecule has 36 heavy (non-hydrogen) atoms. The first-order valence-electron chi connectivity index (χ1n) is 11.8. The maximum atomic E-state index is 12.5. The molecule has 0 unspecified atom stereocenters. The molecule has 1 aromatic carbocycles. The number of nitrogens with zero attached hydrogens (tertiary/aromatic N) is 4. The van der Waals surface area contributed by atoms with Crippen molar-refractivity contribution in [2.45, 2.75) is 38.8 Å². The summed E-state index contributed by atoms with van der Waals surface area (Å²) in [5.41, 5.74) is 4.13. The van der Waals surface area contributed by atoms with Crippen LogP contribution in [-0.2, 0) is 4.79 Å². The van der Waals surface area contributed by atoms with Gasteiger partial charge in [-0.2, -0.15) is 5.26 Å². The Morgan fingerprint density at radius 1 is 1.19 bits per heavy atom. The molecule has 9 nitrogen and oxygen atoms in total. The van der Waals surface area contributed by atoms with Gasteiger partial charge < -0.3 is 20.6 Å². The molecule has 0 bridgehead atoms. The number of nitrogens with one attached hydrogen (secondary N) is 2. The molecule has 2 amide bonds. The van der Waals surface area contributed by atoms with Crippen LogP contribution >= 0.6 is 0 Å². The Bertz CT molecular complexity index is 1300. The van der Waals surface area contributed by atoms with E-state index in [-0.39, 0.29) is 30.5 Å². The van der Waals surface area contributed by atoms with Crippen molar-refractivity contribution in [1.82, 2.24) is 15.3 Å². The molecule has 0 radical (unpaired) electrons. The summed E-state index contributed by atoms with van der Waals surface area (Å²) in [6, 6.07) is 16.6. The summed E-state index contributed by atoms with van der Waals surface area (Å²) in [6.45, 7) is 3.98. The zero-order valence-corrected chi connectivity index (χ0v) is 20.2. The van der Waals surface area contributed by atoms with Gasteiger partial charge in [0.1, 0.15) is 23.3 Å². The van der Waals surface area contributed by atoms with Crippen molar-refractivity contribution in [2.24, 2.45) is 0 Å². The normalized spacial score (nSPS) is 16.6. The molecule has 1 aliphatic rings. The molecule has 0 spiro atoms. The highest BCUT2D eigenvalue weighted by molar-refractivity contribution is 5.94. The summed E-state index contributed by atoms with van der Waals surface area (Å²) >= 11 is 0. The van der Waals surface area contributed by atoms with Crippen LogP contribution in [0, 0.1) is 11.3 Å². The van der Waals surface area contributed by atoms with Crippen LogP contribution in [0.5, 0.6) is 0 Å². The average molecular weight is 485 g/mol. The fourth-order valence-corrected chi connectivity index (χ4v) is 4.49. The molecule has 2 atom stereocenters. The minimum Gasteiger partial charge on any atom is -0.396 e. The van der Waals surface area contributed by atoms with Gasteiger partial charge in [0.25, 0.3) is 5.91 Å². The Labute approximate surface area is 209 Å². The van der Waals surface area contributed by atoms with Gasteiger partial charge >= 0.3 is 0 Å². The molecule has 1 aliphatic heterocycles. The summed E-state index contributed by atoms with van der Waals surface area (Å²) < 4.78 is 0. The largest absolute Gasteiger partial charge is 0.396 e. The molecular weight excluding hydrogens is 456 g/mol. The third kappa shape index (κ3) is 5.34. The number of fused-ring (bicyclic) bond motifs is 1. The van der Waals surface area contributed by atoms with Gasteiger partial charge in [0, 0.05) is 43.6 Å². The van der Waals surface area contributed by atoms with Crippen molar-refractivity contribution >= 4 is 23.3 Å². The fourth-order valence-electron chi connectivity index (χ4n) is 4.49. The number of rotatable bonds is 7. The van der Waals surface area contributed by atoms with Gasteiger partial charge in [-0.25, -0.2) is 4.98 Å². The Balaban J connectivity index is 1.65. The topological polar surface area (TPSA) is 131 Å². The summed E-state index contributed by atoms with van der Waals surface area (Å²) in [7, 11) is 0. The van der Waals surface area contributed by atoms with E-state index in [1.54, 1.807) is 36.2 Å². The fraction of sp³-hybridized carbons (Fsp3) is 0.296. The van der Waals surface area contributed by atoms with Gasteiger partial charge in [0.15, 0.2) is 0 Å². The number of aromatic nitrogens is 2. The number of amides is 2. The molecule has 4 rings (SSSR count). The van der Waals surface area contributed by atoms with Crippen molar-refractivity contribution in [3.63, 3.8) is 0 Å². The van der Waals surface area contributed by atoms with E-state index in [1.807, 2.05) is 37.3 Å². The van der Waals surface area contributed by atoms with Crippen molar-refractivity contribution in [2.75, 3.05) is 23.4 Å². The number of hydrogen-bond acceptors (Lipinski definition) is 7. The van der Waals surface area contributed by atoms with E-state index >= 15 is 0 Å². The number of hydrogen-bond donors (Lipinski definition) is 3. The minimum absolute atomic E-state index is 0.0144. The van der Waals surface area contributed by atoms with Crippen molar-refractivity contribution < 1.29 is 14.7 Å². The highest BCUT2D eigenvalue weighted by Gasteiger charge is 2.33. The summed E-state index contributed by atoms with van der Waals surface area (Å²) in [5, 5.41) is 24.2. The van der Waals surface area contributed by atoms with Crippen LogP contribution in [0.2, 0.25) is 0 Å². The van der Waals surface area contributed by atoms with Crippen LogP contribution in [0.15, 0.2) is 54.7 Å². The standard InChI is InChI=1S/C27H28N6O3/c1-17-13-24(32-26-6-3-5-21(15-28)31-26)22-14-19(8-10-25(22)33(17)18(2)35)20-7-9-23(30-16-20)27(36)29-11-4-12-34/h3,5-10,14,16-17,24,34H,4,11-13H2,1-2H3,(H,29,36)(H,31,32)/t17-,24+/m0/s1. The third-order valence-corrected chi connectivity index (χ3v) is 6.15. The van der Waals surface area contributed by atoms with Crippen LogP contribution in [0.1, 0.15) is 54.5 Å². The van der Waals surface area contributed by atoms with Crippen LogP contribution in [-0.4, -0.2) is 46.1 Å². The molecule has 9 heteroatoms. The first-order chi connectivity index (χ1) is 17.4. The average Bonchev–Trinajstić information content (AvgIpc) is 2.88. The lowest BCUT2D eigenvalue weighted by Crippen LogP contribution is -2.43. The van der Waals surface area contributed by atoms with Gasteiger partial charge in [-0.15, -0.1) is 0 Å². The molecule has 3 N–H and O–H groups in total. The lowest BCUT2D eigenvalue weighted by molar-refractivity contribution is -0.117. The van der Waals surface area contributed by atoms with E-state index in [4.69, 9.17) is 5.11 Å². The quantitative estimate of drug-likeness (QED) is 0.438. The SMILES string of the molecule is CC(=O)N1c2ccc(-c3ccc(C(=O)NCCCO)nc3)cc2[C@H](Nc2cccc(C#N)n2)C[C@@H]1C. The Hall–Kier alpha value is -4.29. The molecule has 3 aromatic rings. The van der Waals surface area contributed by atoms with Crippen molar-refractivity contribution in [3.05, 3.63) is 71.7 Å². The molecule has 3 heterocycles. The molecule has 0 aliphatic carbocycles. The van der Waals surface area contributed by atoms with Crippen LogP contribution < -0.4 is 15.5 Å². The first-order valence-corrected chi connectivity index (χ1v) is 11.8. The monoisotopic (exact) mass is 484 g/mol. The third-order valence-electron chi connectivity index (χ3n) is 6.15. The predicted molar refractivity (Wildman–Crippen MR) is 136 cm³/mol. The van der Waals surface area contributed by atoms with E-state index in [0.717, 1.165) is 22.4 Å². The number of nitriles is 1. The van der Waals surface area contributed by atoms with Crippen molar-refractivity contribution in [3.8, 4) is 17.2 Å². The highest BCUT2D eigenvalue weighted by Crippen LogP contribution is 2.41. The van der Waals surface area contributed by atoms with Crippen LogP contribution in [0.3, 0.4) is 0 Å². The zero-order chi connectivity index (χ0) is 25.7. The van der Waals surface area contributed by atoms with E-state index in [1.165, 1.54) is 0 Å². The molecule has 2 aromatic heterocycles. The Morgan fingerprint density at radius 2 is 2.00 bits per heavy atom. The molecule has 184 valence electrons. The number of benzene rings is 1. The first kappa shape index (κ1) is 24.8. The summed E-state index contributed by atoms with van der Waals surface area (Å²) in [4.78, 5) is 35.2. The number of carbonyl (C=O) groups excluding carboxylic acids is 2. The van der Waals surface area contributed by atoms with E-state index in [9.17, 15) is 14.9 Å². The lowest BCUT2D eigenvalue weighted by atomic mass is 9.89. The smallest absolute Gasteiger partial charge is 0.269 e. The predicted octanol–water partition coefficient (Wildman–Crippen LogP) is 3.43. The maximum Gasteiger partial charge on any atom is 0.269 e. The van der Waals surface area contributed by atoms with Gasteiger partial charge in [0.05, 0.1) is 6.04 Å². The molecule has 0 saturated heterocycles. The summed E-state index contributed by atoms with van der Waals surface area (Å²) in [6.07, 6.45) is 2.80. The van der Waals surface area contributed by atoms with E-state index in [0.29, 0.717) is 36.6 Å². The maximum absolute atomic E-state index is 12.5. The van der Waals surface area contributed by atoms with E-state index < -0.39 is 0 Å². The second kappa shape index (κ2) is 11.0. The van der Waals surface area contributed by atoms with Crippen molar-refractivity contribution in [1.29, 1.82) is 5.26 Å². The summed E-state index contributed by atoms with van der Waals surface area (Å²) in [5.74, 6) is 0.276.